The van der Waals surface area contributed by atoms with Crippen molar-refractivity contribution in [2.75, 3.05) is 23.4 Å². The lowest BCUT2D eigenvalue weighted by molar-refractivity contribution is -0.134. The molecule has 26 heavy (non-hydrogen) atoms. The Morgan fingerprint density at radius 2 is 1.73 bits per heavy atom. The number of benzene rings is 2. The fourth-order valence-electron chi connectivity index (χ4n) is 2.45. The summed E-state index contributed by atoms with van der Waals surface area (Å²) < 4.78 is 4.90. The van der Waals surface area contributed by atoms with Crippen LogP contribution in [0.25, 0.3) is 0 Å². The van der Waals surface area contributed by atoms with Gasteiger partial charge in [-0.25, -0.2) is 4.79 Å². The summed E-state index contributed by atoms with van der Waals surface area (Å²) in [5, 5.41) is 2.56. The van der Waals surface area contributed by atoms with Crippen molar-refractivity contribution in [2.24, 2.45) is 0 Å². The Kier molecular flexibility index (Phi) is 6.49. The highest BCUT2D eigenvalue weighted by Crippen LogP contribution is 2.17. The SMILES string of the molecule is CCOC(=O)c1ccc(NC(=O)C(=O)N(CC)c2cccc(C)c2)cc1. The van der Waals surface area contributed by atoms with E-state index in [0.717, 1.165) is 5.56 Å². The Morgan fingerprint density at radius 3 is 2.31 bits per heavy atom. The second-order valence-corrected chi connectivity index (χ2v) is 5.64. The number of aryl methyl sites for hydroxylation is 1. The molecule has 0 aliphatic rings. The second-order valence-electron chi connectivity index (χ2n) is 5.64. The molecule has 2 aromatic rings. The molecule has 0 unspecified atom stereocenters. The second kappa shape index (κ2) is 8.80. The number of hydrogen-bond donors (Lipinski definition) is 1. The summed E-state index contributed by atoms with van der Waals surface area (Å²) in [5.41, 5.74) is 2.48. The lowest BCUT2D eigenvalue weighted by Gasteiger charge is -2.20. The van der Waals surface area contributed by atoms with Gasteiger partial charge >= 0.3 is 17.8 Å². The van der Waals surface area contributed by atoms with Crippen LogP contribution in [0.4, 0.5) is 11.4 Å². The lowest BCUT2D eigenvalue weighted by Crippen LogP contribution is -2.39. The van der Waals surface area contributed by atoms with Crippen molar-refractivity contribution in [2.45, 2.75) is 20.8 Å². The van der Waals surface area contributed by atoms with E-state index in [-0.39, 0.29) is 6.61 Å². The summed E-state index contributed by atoms with van der Waals surface area (Å²) in [6.45, 7) is 6.12. The molecule has 6 nitrogen and oxygen atoms in total. The molecule has 0 bridgehead atoms. The van der Waals surface area contributed by atoms with Gasteiger partial charge in [-0.05, 0) is 62.7 Å². The van der Waals surface area contributed by atoms with Gasteiger partial charge in [0.05, 0.1) is 12.2 Å². The normalized spacial score (nSPS) is 10.1. The molecule has 2 aromatic carbocycles. The minimum atomic E-state index is -0.739. The van der Waals surface area contributed by atoms with Crippen LogP contribution in [0, 0.1) is 6.92 Å². The van der Waals surface area contributed by atoms with Crippen LogP contribution >= 0.6 is 0 Å². The highest BCUT2D eigenvalue weighted by molar-refractivity contribution is 6.44. The number of hydrogen-bond acceptors (Lipinski definition) is 4. The smallest absolute Gasteiger partial charge is 0.338 e. The van der Waals surface area contributed by atoms with Crippen molar-refractivity contribution in [3.63, 3.8) is 0 Å². The molecule has 0 aromatic heterocycles. The number of nitrogens with zero attached hydrogens (tertiary/aromatic N) is 1. The van der Waals surface area contributed by atoms with Gasteiger partial charge in [0.2, 0.25) is 0 Å². The summed E-state index contributed by atoms with van der Waals surface area (Å²) in [6, 6.07) is 13.6. The van der Waals surface area contributed by atoms with Crippen molar-refractivity contribution in [3.8, 4) is 0 Å². The fraction of sp³-hybridized carbons (Fsp3) is 0.250. The number of likely N-dealkylation sites (N-methyl/N-ethyl adjacent to an activating group) is 1. The van der Waals surface area contributed by atoms with E-state index in [0.29, 0.717) is 23.5 Å². The first kappa shape index (κ1) is 19.2. The first-order valence-corrected chi connectivity index (χ1v) is 8.43. The Balaban J connectivity index is 2.08. The predicted octanol–water partition coefficient (Wildman–Crippen LogP) is 3.16. The number of amides is 2. The van der Waals surface area contributed by atoms with Crippen molar-refractivity contribution in [1.82, 2.24) is 0 Å². The van der Waals surface area contributed by atoms with E-state index in [1.54, 1.807) is 25.1 Å². The number of carbonyl (C=O) groups excluding carboxylic acids is 3. The van der Waals surface area contributed by atoms with Crippen LogP contribution in [0.2, 0.25) is 0 Å². The van der Waals surface area contributed by atoms with Gasteiger partial charge < -0.3 is 15.0 Å². The molecular formula is C20H22N2O4. The molecule has 0 atom stereocenters. The van der Waals surface area contributed by atoms with E-state index < -0.39 is 17.8 Å². The van der Waals surface area contributed by atoms with Crippen LogP contribution in [0.15, 0.2) is 48.5 Å². The molecule has 0 heterocycles. The van der Waals surface area contributed by atoms with Crippen LogP contribution < -0.4 is 10.2 Å². The quantitative estimate of drug-likeness (QED) is 0.661. The van der Waals surface area contributed by atoms with E-state index in [1.165, 1.54) is 17.0 Å². The molecule has 136 valence electrons. The largest absolute Gasteiger partial charge is 0.462 e. The number of nitrogens with one attached hydrogen (secondary N) is 1. The van der Waals surface area contributed by atoms with Gasteiger partial charge in [-0.2, -0.15) is 0 Å². The van der Waals surface area contributed by atoms with Gasteiger partial charge in [0.1, 0.15) is 0 Å². The van der Waals surface area contributed by atoms with Crippen molar-refractivity contribution in [3.05, 3.63) is 59.7 Å². The van der Waals surface area contributed by atoms with Crippen molar-refractivity contribution >= 4 is 29.2 Å². The minimum Gasteiger partial charge on any atom is -0.462 e. The van der Waals surface area contributed by atoms with Crippen LogP contribution in [0.1, 0.15) is 29.8 Å². The molecule has 0 spiro atoms. The molecule has 2 rings (SSSR count). The lowest BCUT2D eigenvalue weighted by atomic mass is 10.2. The van der Waals surface area contributed by atoms with E-state index >= 15 is 0 Å². The zero-order valence-corrected chi connectivity index (χ0v) is 15.1. The number of carbonyl (C=O) groups is 3. The fourth-order valence-corrected chi connectivity index (χ4v) is 2.45. The van der Waals surface area contributed by atoms with Crippen molar-refractivity contribution < 1.29 is 19.1 Å². The Labute approximate surface area is 152 Å². The van der Waals surface area contributed by atoms with Crippen LogP contribution in [-0.2, 0) is 14.3 Å². The molecular weight excluding hydrogens is 332 g/mol. The van der Waals surface area contributed by atoms with Gasteiger partial charge in [-0.1, -0.05) is 12.1 Å². The van der Waals surface area contributed by atoms with Crippen LogP contribution in [-0.4, -0.2) is 30.9 Å². The zero-order valence-electron chi connectivity index (χ0n) is 15.1. The number of anilines is 2. The van der Waals surface area contributed by atoms with Gasteiger partial charge in [-0.3, -0.25) is 9.59 Å². The highest BCUT2D eigenvalue weighted by Gasteiger charge is 2.22. The van der Waals surface area contributed by atoms with E-state index in [4.69, 9.17) is 4.74 Å². The third-order valence-corrected chi connectivity index (χ3v) is 3.72. The average molecular weight is 354 g/mol. The predicted molar refractivity (Wildman–Crippen MR) is 100 cm³/mol. The summed E-state index contributed by atoms with van der Waals surface area (Å²) in [6.07, 6.45) is 0. The average Bonchev–Trinajstić information content (AvgIpc) is 2.63. The molecule has 0 aliphatic heterocycles. The molecule has 0 fully saturated rings. The van der Waals surface area contributed by atoms with Gasteiger partial charge in [-0.15, -0.1) is 0 Å². The van der Waals surface area contributed by atoms with Crippen molar-refractivity contribution in [1.29, 1.82) is 0 Å². The van der Waals surface area contributed by atoms with E-state index in [9.17, 15) is 14.4 Å². The first-order valence-electron chi connectivity index (χ1n) is 8.43. The summed E-state index contributed by atoms with van der Waals surface area (Å²) in [7, 11) is 0. The van der Waals surface area contributed by atoms with Gasteiger partial charge in [0, 0.05) is 17.9 Å². The maximum absolute atomic E-state index is 12.5. The monoisotopic (exact) mass is 354 g/mol. The maximum atomic E-state index is 12.5. The summed E-state index contributed by atoms with van der Waals surface area (Å²) in [4.78, 5) is 37.8. The minimum absolute atomic E-state index is 0.289. The Bertz CT molecular complexity index is 800. The maximum Gasteiger partial charge on any atom is 0.338 e. The number of rotatable bonds is 5. The Hall–Kier alpha value is -3.15. The standard InChI is InChI=1S/C20H22N2O4/c1-4-22(17-8-6-7-14(3)13-17)19(24)18(23)21-16-11-9-15(10-12-16)20(25)26-5-2/h6-13H,4-5H2,1-3H3,(H,21,23). The topological polar surface area (TPSA) is 75.7 Å². The molecule has 1 N–H and O–H groups in total. The number of esters is 1. The molecule has 0 aliphatic carbocycles. The molecule has 0 saturated carbocycles. The molecule has 6 heteroatoms. The van der Waals surface area contributed by atoms with Crippen LogP contribution in [0.3, 0.4) is 0 Å². The summed E-state index contributed by atoms with van der Waals surface area (Å²) >= 11 is 0. The number of ether oxygens (including phenoxy) is 1. The summed E-state index contributed by atoms with van der Waals surface area (Å²) in [5.74, 6) is -1.82. The highest BCUT2D eigenvalue weighted by atomic mass is 16.5. The van der Waals surface area contributed by atoms with Gasteiger partial charge in [0.25, 0.3) is 0 Å². The molecule has 2 amide bonds. The van der Waals surface area contributed by atoms with E-state index in [1.807, 2.05) is 32.0 Å². The molecule has 0 radical (unpaired) electrons. The Morgan fingerprint density at radius 1 is 1.04 bits per heavy atom. The van der Waals surface area contributed by atoms with Gasteiger partial charge in [0.15, 0.2) is 0 Å². The van der Waals surface area contributed by atoms with E-state index in [2.05, 4.69) is 5.32 Å². The zero-order chi connectivity index (χ0) is 19.1. The van der Waals surface area contributed by atoms with Crippen LogP contribution in [0.5, 0.6) is 0 Å². The molecule has 0 saturated heterocycles. The first-order chi connectivity index (χ1) is 12.5. The third kappa shape index (κ3) is 4.69. The third-order valence-electron chi connectivity index (χ3n) is 3.72.